The molecule has 6 nitrogen and oxygen atoms in total. The molecule has 0 aliphatic heterocycles. The summed E-state index contributed by atoms with van der Waals surface area (Å²) < 4.78 is 41.5. The van der Waals surface area contributed by atoms with Crippen LogP contribution in [0, 0.1) is 17.3 Å². The van der Waals surface area contributed by atoms with Crippen molar-refractivity contribution in [3.05, 3.63) is 15.8 Å². The van der Waals surface area contributed by atoms with Gasteiger partial charge >= 0.3 is 12.1 Å². The number of rotatable bonds is 6. The van der Waals surface area contributed by atoms with Crippen LogP contribution in [0.1, 0.15) is 96.9 Å². The Morgan fingerprint density at radius 2 is 1.63 bits per heavy atom. The van der Waals surface area contributed by atoms with Crippen molar-refractivity contribution in [1.82, 2.24) is 0 Å². The van der Waals surface area contributed by atoms with E-state index in [-0.39, 0.29) is 52.6 Å². The molecule has 3 aliphatic carbocycles. The van der Waals surface area contributed by atoms with Gasteiger partial charge in [0.2, 0.25) is 5.91 Å². The summed E-state index contributed by atoms with van der Waals surface area (Å²) >= 11 is 0.533. The lowest BCUT2D eigenvalue weighted by molar-refractivity contribution is -0.226. The standard InChI is InChI=1S/C25H32F3NO5S/c1-14-3-5-15(6-4-14)22(32)29(16-7-9-17(30)10-8-16)18-13-19(35-20(18)23(33)34)21(31)24(11-2-12-24)25(26,27)28/h13-17,30H,2-12H2,1H3,(H,33,34). The second-order valence-corrected chi connectivity index (χ2v) is 11.6. The maximum atomic E-state index is 13.8. The Morgan fingerprint density at radius 1 is 1.03 bits per heavy atom. The fourth-order valence-electron chi connectivity index (χ4n) is 5.75. The molecule has 3 fully saturated rings. The topological polar surface area (TPSA) is 94.9 Å². The predicted octanol–water partition coefficient (Wildman–Crippen LogP) is 5.82. The third-order valence-corrected chi connectivity index (χ3v) is 9.32. The van der Waals surface area contributed by atoms with E-state index in [1.807, 2.05) is 0 Å². The van der Waals surface area contributed by atoms with Crippen LogP contribution in [-0.4, -0.2) is 46.2 Å². The highest BCUT2D eigenvalue weighted by atomic mass is 32.1. The van der Waals surface area contributed by atoms with Crippen molar-refractivity contribution in [1.29, 1.82) is 0 Å². The smallest absolute Gasteiger partial charge is 0.401 e. The molecule has 1 aromatic rings. The van der Waals surface area contributed by atoms with Crippen molar-refractivity contribution in [2.75, 3.05) is 4.90 Å². The van der Waals surface area contributed by atoms with Gasteiger partial charge in [0.15, 0.2) is 5.78 Å². The molecule has 194 valence electrons. The molecular formula is C25H32F3NO5S. The summed E-state index contributed by atoms with van der Waals surface area (Å²) in [6, 6.07) is 0.831. The zero-order valence-corrected chi connectivity index (χ0v) is 20.6. The SMILES string of the molecule is CC1CCC(C(=O)N(c2cc(C(=O)C3(C(F)(F)F)CCC3)sc2C(=O)O)C2CCC(O)CC2)CC1. The zero-order valence-electron chi connectivity index (χ0n) is 19.8. The summed E-state index contributed by atoms with van der Waals surface area (Å²) in [5, 5.41) is 19.9. The molecule has 4 rings (SSSR count). The van der Waals surface area contributed by atoms with Gasteiger partial charge in [-0.1, -0.05) is 13.3 Å². The van der Waals surface area contributed by atoms with Gasteiger partial charge in [-0.15, -0.1) is 11.3 Å². The van der Waals surface area contributed by atoms with E-state index in [9.17, 15) is 37.8 Å². The van der Waals surface area contributed by atoms with Gasteiger partial charge in [0, 0.05) is 12.0 Å². The Kier molecular flexibility index (Phi) is 7.35. The third kappa shape index (κ3) is 4.88. The molecule has 0 spiro atoms. The summed E-state index contributed by atoms with van der Waals surface area (Å²) in [4.78, 5) is 39.9. The van der Waals surface area contributed by atoms with Crippen LogP contribution in [0.25, 0.3) is 0 Å². The van der Waals surface area contributed by atoms with Crippen molar-refractivity contribution in [3.63, 3.8) is 0 Å². The Balaban J connectivity index is 1.73. The average molecular weight is 516 g/mol. The summed E-state index contributed by atoms with van der Waals surface area (Å²) in [5.74, 6) is -2.51. The number of alkyl halides is 3. The fourth-order valence-corrected chi connectivity index (χ4v) is 6.77. The quantitative estimate of drug-likeness (QED) is 0.465. The van der Waals surface area contributed by atoms with Gasteiger partial charge in [-0.25, -0.2) is 4.79 Å². The summed E-state index contributed by atoms with van der Waals surface area (Å²) in [7, 11) is 0. The number of thiophene rings is 1. The van der Waals surface area contributed by atoms with Crippen molar-refractivity contribution in [2.24, 2.45) is 17.3 Å². The van der Waals surface area contributed by atoms with Crippen LogP contribution in [-0.2, 0) is 4.79 Å². The third-order valence-electron chi connectivity index (χ3n) is 8.21. The highest BCUT2D eigenvalue weighted by Gasteiger charge is 2.63. The van der Waals surface area contributed by atoms with E-state index in [1.165, 1.54) is 11.0 Å². The summed E-state index contributed by atoms with van der Waals surface area (Å²) in [6.07, 6.45) is -0.650. The summed E-state index contributed by atoms with van der Waals surface area (Å²) in [5.41, 5.74) is -2.46. The Morgan fingerprint density at radius 3 is 2.11 bits per heavy atom. The molecule has 1 aromatic heterocycles. The number of carbonyl (C=O) groups is 3. The molecular weight excluding hydrogens is 483 g/mol. The number of amides is 1. The number of aliphatic hydroxyl groups is 1. The first-order chi connectivity index (χ1) is 16.4. The van der Waals surface area contributed by atoms with Crippen LogP contribution >= 0.6 is 11.3 Å². The Hall–Kier alpha value is -1.94. The second-order valence-electron chi connectivity index (χ2n) is 10.5. The first-order valence-electron chi connectivity index (χ1n) is 12.4. The first-order valence-corrected chi connectivity index (χ1v) is 13.3. The average Bonchev–Trinajstić information content (AvgIpc) is 3.19. The number of carbonyl (C=O) groups excluding carboxylic acids is 2. The van der Waals surface area contributed by atoms with Gasteiger partial charge in [0.1, 0.15) is 10.3 Å². The lowest BCUT2D eigenvalue weighted by Crippen LogP contribution is -2.50. The molecule has 0 saturated heterocycles. The highest BCUT2D eigenvalue weighted by Crippen LogP contribution is 2.55. The van der Waals surface area contributed by atoms with E-state index in [1.54, 1.807) is 0 Å². The van der Waals surface area contributed by atoms with E-state index in [0.717, 1.165) is 12.8 Å². The minimum atomic E-state index is -4.72. The number of hydrogen-bond donors (Lipinski definition) is 2. The Bertz CT molecular complexity index is 970. The van der Waals surface area contributed by atoms with Gasteiger partial charge in [0.05, 0.1) is 16.7 Å². The number of carboxylic acids is 1. The minimum absolute atomic E-state index is 0.0208. The van der Waals surface area contributed by atoms with Crippen molar-refractivity contribution in [3.8, 4) is 0 Å². The van der Waals surface area contributed by atoms with Crippen LogP contribution in [0.15, 0.2) is 6.07 Å². The molecule has 0 aromatic carbocycles. The molecule has 1 heterocycles. The first kappa shape index (κ1) is 26.1. The van der Waals surface area contributed by atoms with Crippen LogP contribution in [0.3, 0.4) is 0 Å². The molecule has 3 aliphatic rings. The van der Waals surface area contributed by atoms with Gasteiger partial charge in [-0.2, -0.15) is 13.2 Å². The highest BCUT2D eigenvalue weighted by molar-refractivity contribution is 7.16. The van der Waals surface area contributed by atoms with Crippen molar-refractivity contribution >= 4 is 34.7 Å². The van der Waals surface area contributed by atoms with Crippen LogP contribution in [0.4, 0.5) is 18.9 Å². The number of carboxylic acid groups (broad SMARTS) is 1. The van der Waals surface area contributed by atoms with E-state index in [0.29, 0.717) is 55.8 Å². The molecule has 3 saturated carbocycles. The van der Waals surface area contributed by atoms with E-state index >= 15 is 0 Å². The van der Waals surface area contributed by atoms with Crippen LogP contribution in [0.2, 0.25) is 0 Å². The van der Waals surface area contributed by atoms with E-state index < -0.39 is 29.4 Å². The second kappa shape index (κ2) is 9.84. The van der Waals surface area contributed by atoms with Crippen LogP contribution in [0.5, 0.6) is 0 Å². The van der Waals surface area contributed by atoms with Gasteiger partial charge < -0.3 is 15.1 Å². The number of aliphatic hydroxyl groups excluding tert-OH is 1. The lowest BCUT2D eigenvalue weighted by Gasteiger charge is -2.41. The normalized spacial score (nSPS) is 28.7. The number of hydrogen-bond acceptors (Lipinski definition) is 5. The zero-order chi connectivity index (χ0) is 25.5. The van der Waals surface area contributed by atoms with Gasteiger partial charge in [-0.3, -0.25) is 9.59 Å². The predicted molar refractivity (Wildman–Crippen MR) is 125 cm³/mol. The fraction of sp³-hybridized carbons (Fsp3) is 0.720. The molecule has 0 unspecified atom stereocenters. The number of nitrogens with zero attached hydrogens (tertiary/aromatic N) is 1. The molecule has 35 heavy (non-hydrogen) atoms. The monoisotopic (exact) mass is 515 g/mol. The van der Waals surface area contributed by atoms with Crippen LogP contribution < -0.4 is 4.90 Å². The molecule has 10 heteroatoms. The maximum absolute atomic E-state index is 13.8. The molecule has 2 N–H and O–H groups in total. The van der Waals surface area contributed by atoms with E-state index in [2.05, 4.69) is 6.92 Å². The number of ketones is 1. The van der Waals surface area contributed by atoms with Crippen molar-refractivity contribution < 1.29 is 37.8 Å². The van der Waals surface area contributed by atoms with Crippen molar-refractivity contribution in [2.45, 2.75) is 95.9 Å². The van der Waals surface area contributed by atoms with Gasteiger partial charge in [-0.05, 0) is 76.2 Å². The summed E-state index contributed by atoms with van der Waals surface area (Å²) in [6.45, 7) is 2.12. The maximum Gasteiger partial charge on any atom is 0.401 e. The largest absolute Gasteiger partial charge is 0.477 e. The minimum Gasteiger partial charge on any atom is -0.477 e. The Labute approximate surface area is 206 Å². The number of Topliss-reactive ketones (excluding diaryl/α,β-unsaturated/α-hetero) is 1. The number of aromatic carboxylic acids is 1. The molecule has 0 atom stereocenters. The number of anilines is 1. The van der Waals surface area contributed by atoms with Gasteiger partial charge in [0.25, 0.3) is 0 Å². The number of halogens is 3. The molecule has 0 bridgehead atoms. The van der Waals surface area contributed by atoms with E-state index in [4.69, 9.17) is 0 Å². The lowest BCUT2D eigenvalue weighted by atomic mass is 9.65. The molecule has 0 radical (unpaired) electrons. The molecule has 1 amide bonds.